The average molecular weight is 176 g/mol. The Labute approximate surface area is 75.3 Å². The fourth-order valence-electron chi connectivity index (χ4n) is 1.23. The highest BCUT2D eigenvalue weighted by atomic mass is 16.5. The molecule has 0 bridgehead atoms. The normalized spacial score (nSPS) is 10.2. The van der Waals surface area contributed by atoms with Crippen molar-refractivity contribution in [2.45, 2.75) is 6.92 Å². The van der Waals surface area contributed by atoms with Crippen molar-refractivity contribution >= 4 is 5.97 Å². The third-order valence-electron chi connectivity index (χ3n) is 1.75. The van der Waals surface area contributed by atoms with Gasteiger partial charge in [-0.2, -0.15) is 0 Å². The van der Waals surface area contributed by atoms with Crippen molar-refractivity contribution in [3.63, 3.8) is 0 Å². The number of ether oxygens (including phenoxy) is 1. The molecule has 0 saturated heterocycles. The van der Waals surface area contributed by atoms with Crippen LogP contribution in [-0.4, -0.2) is 5.97 Å². The summed E-state index contributed by atoms with van der Waals surface area (Å²) < 4.78 is 9.96. The van der Waals surface area contributed by atoms with Gasteiger partial charge in [0.05, 0.1) is 12.5 Å². The van der Waals surface area contributed by atoms with Gasteiger partial charge in [0.1, 0.15) is 5.75 Å². The fraction of sp³-hybridized carbons (Fsp3) is 0.100. The molecule has 0 saturated carbocycles. The predicted octanol–water partition coefficient (Wildman–Crippen LogP) is 2.31. The van der Waals surface area contributed by atoms with Crippen molar-refractivity contribution in [2.24, 2.45) is 0 Å². The van der Waals surface area contributed by atoms with Gasteiger partial charge in [-0.15, -0.1) is 0 Å². The minimum Gasteiger partial charge on any atom is -0.472 e. The molecule has 13 heavy (non-hydrogen) atoms. The maximum atomic E-state index is 10.7. The zero-order valence-electron chi connectivity index (χ0n) is 7.11. The Morgan fingerprint density at radius 2 is 2.23 bits per heavy atom. The van der Waals surface area contributed by atoms with Gasteiger partial charge in [0, 0.05) is 18.1 Å². The molecular formula is C10H8O3. The summed E-state index contributed by atoms with van der Waals surface area (Å²) in [7, 11) is 0. The molecule has 2 rings (SSSR count). The zero-order chi connectivity index (χ0) is 9.26. The second kappa shape index (κ2) is 2.94. The number of hydrogen-bond donors (Lipinski definition) is 0. The van der Waals surface area contributed by atoms with Crippen LogP contribution < -0.4 is 4.74 Å². The highest BCUT2D eigenvalue weighted by Crippen LogP contribution is 2.33. The molecule has 66 valence electrons. The molecule has 0 radical (unpaired) electrons. The first kappa shape index (κ1) is 7.86. The van der Waals surface area contributed by atoms with Crippen molar-refractivity contribution in [3.8, 4) is 16.9 Å². The molecule has 0 aromatic rings. The van der Waals surface area contributed by atoms with E-state index in [1.807, 2.05) is 6.07 Å². The molecule has 1 heterocycles. The highest BCUT2D eigenvalue weighted by molar-refractivity contribution is 5.78. The summed E-state index contributed by atoms with van der Waals surface area (Å²) in [6, 6.07) is 5.37. The molecule has 0 unspecified atom stereocenters. The van der Waals surface area contributed by atoms with E-state index in [0.717, 1.165) is 11.1 Å². The van der Waals surface area contributed by atoms with Crippen molar-refractivity contribution in [1.82, 2.24) is 0 Å². The molecule has 0 amide bonds. The van der Waals surface area contributed by atoms with Crippen molar-refractivity contribution < 1.29 is 13.9 Å². The van der Waals surface area contributed by atoms with Gasteiger partial charge in [-0.25, -0.2) is 0 Å². The van der Waals surface area contributed by atoms with E-state index in [1.165, 1.54) is 6.92 Å². The van der Waals surface area contributed by atoms with Gasteiger partial charge in [-0.05, 0) is 18.2 Å². The summed E-state index contributed by atoms with van der Waals surface area (Å²) in [4.78, 5) is 10.7. The molecule has 1 aliphatic heterocycles. The first-order chi connectivity index (χ1) is 6.27. The molecule has 0 fully saturated rings. The number of hydrogen-bond acceptors (Lipinski definition) is 3. The maximum Gasteiger partial charge on any atom is 0.308 e. The van der Waals surface area contributed by atoms with E-state index >= 15 is 0 Å². The van der Waals surface area contributed by atoms with Gasteiger partial charge in [-0.3, -0.25) is 4.79 Å². The summed E-state index contributed by atoms with van der Waals surface area (Å²) in [5.41, 5.74) is 1.82. The largest absolute Gasteiger partial charge is 0.472 e. The smallest absolute Gasteiger partial charge is 0.308 e. The van der Waals surface area contributed by atoms with Gasteiger partial charge >= 0.3 is 5.97 Å². The van der Waals surface area contributed by atoms with E-state index in [-0.39, 0.29) is 5.97 Å². The molecule has 0 N–H and O–H groups in total. The lowest BCUT2D eigenvalue weighted by Gasteiger charge is -2.01. The fourth-order valence-corrected chi connectivity index (χ4v) is 1.23. The standard InChI is InChI=1S/C10H8O3/c1-7(11)13-10-3-2-8-6-12-5-4-9(8)10/h2-6H,1H3. The topological polar surface area (TPSA) is 39.4 Å². The van der Waals surface area contributed by atoms with Crippen LogP contribution in [0.3, 0.4) is 0 Å². The van der Waals surface area contributed by atoms with Crippen LogP contribution >= 0.6 is 0 Å². The van der Waals surface area contributed by atoms with E-state index in [0.29, 0.717) is 5.75 Å². The van der Waals surface area contributed by atoms with Gasteiger partial charge in [0.25, 0.3) is 0 Å². The molecule has 2 aliphatic rings. The van der Waals surface area contributed by atoms with E-state index in [9.17, 15) is 4.79 Å². The lowest BCUT2D eigenvalue weighted by Crippen LogP contribution is -2.00. The molecule has 3 nitrogen and oxygen atoms in total. The lowest BCUT2D eigenvalue weighted by molar-refractivity contribution is -0.131. The number of carbonyl (C=O) groups excluding carboxylic acids is 1. The molecule has 0 spiro atoms. The predicted molar refractivity (Wildman–Crippen MR) is 46.6 cm³/mol. The summed E-state index contributed by atoms with van der Waals surface area (Å²) in [6.45, 7) is 1.38. The van der Waals surface area contributed by atoms with E-state index in [4.69, 9.17) is 9.15 Å². The first-order valence-corrected chi connectivity index (χ1v) is 3.91. The van der Waals surface area contributed by atoms with Crippen LogP contribution in [0.25, 0.3) is 11.1 Å². The van der Waals surface area contributed by atoms with E-state index in [1.54, 1.807) is 24.7 Å². The molecule has 1 aliphatic carbocycles. The van der Waals surface area contributed by atoms with E-state index in [2.05, 4.69) is 0 Å². The highest BCUT2D eigenvalue weighted by Gasteiger charge is 2.11. The Morgan fingerprint density at radius 3 is 3.00 bits per heavy atom. The molecule has 0 aromatic carbocycles. The van der Waals surface area contributed by atoms with Crippen LogP contribution in [0.1, 0.15) is 6.92 Å². The summed E-state index contributed by atoms with van der Waals surface area (Å²) in [5, 5.41) is 0. The second-order valence-corrected chi connectivity index (χ2v) is 2.72. The zero-order valence-corrected chi connectivity index (χ0v) is 7.11. The van der Waals surface area contributed by atoms with Gasteiger partial charge < -0.3 is 9.15 Å². The summed E-state index contributed by atoms with van der Waals surface area (Å²) >= 11 is 0. The maximum absolute atomic E-state index is 10.7. The Balaban J connectivity index is 2.43. The van der Waals surface area contributed by atoms with Crippen molar-refractivity contribution in [2.75, 3.05) is 0 Å². The Hall–Kier alpha value is -1.77. The number of esters is 1. The Morgan fingerprint density at radius 1 is 1.38 bits per heavy atom. The van der Waals surface area contributed by atoms with Crippen molar-refractivity contribution in [3.05, 3.63) is 30.7 Å². The van der Waals surface area contributed by atoms with Gasteiger partial charge in [-0.1, -0.05) is 0 Å². The Bertz CT molecular complexity index is 403. The number of carbonyl (C=O) groups is 1. The van der Waals surface area contributed by atoms with Crippen LogP contribution in [-0.2, 0) is 4.79 Å². The monoisotopic (exact) mass is 176 g/mol. The van der Waals surface area contributed by atoms with E-state index < -0.39 is 0 Å². The molecule has 0 atom stereocenters. The SMILES string of the molecule is CC(=O)Oc1ccc2coccc1-2. The minimum absolute atomic E-state index is 0.312. The third-order valence-corrected chi connectivity index (χ3v) is 1.75. The molecular weight excluding hydrogens is 168 g/mol. The second-order valence-electron chi connectivity index (χ2n) is 2.72. The number of fused-ring (bicyclic) bond motifs is 1. The van der Waals surface area contributed by atoms with Crippen molar-refractivity contribution in [1.29, 1.82) is 0 Å². The summed E-state index contributed by atoms with van der Waals surface area (Å²) in [5.74, 6) is 0.270. The van der Waals surface area contributed by atoms with Crippen LogP contribution in [0.2, 0.25) is 0 Å². The molecule has 3 heteroatoms. The van der Waals surface area contributed by atoms with Crippen LogP contribution in [0.15, 0.2) is 35.1 Å². The van der Waals surface area contributed by atoms with Crippen LogP contribution in [0, 0.1) is 0 Å². The summed E-state index contributed by atoms with van der Waals surface area (Å²) in [6.07, 6.45) is 3.16. The first-order valence-electron chi connectivity index (χ1n) is 3.91. The lowest BCUT2D eigenvalue weighted by atomic mass is 10.2. The average Bonchev–Trinajstić information content (AvgIpc) is 2.48. The Kier molecular flexibility index (Phi) is 1.77. The number of rotatable bonds is 1. The quantitative estimate of drug-likeness (QED) is 0.626. The third kappa shape index (κ3) is 1.40. The van der Waals surface area contributed by atoms with Crippen LogP contribution in [0.5, 0.6) is 5.75 Å². The van der Waals surface area contributed by atoms with Crippen LogP contribution in [0.4, 0.5) is 0 Å². The molecule has 0 aromatic heterocycles. The van der Waals surface area contributed by atoms with Gasteiger partial charge in [0.2, 0.25) is 0 Å². The minimum atomic E-state index is -0.312. The van der Waals surface area contributed by atoms with Gasteiger partial charge in [0.15, 0.2) is 0 Å².